The first kappa shape index (κ1) is 15.9. The molecule has 0 amide bonds. The lowest BCUT2D eigenvalue weighted by molar-refractivity contribution is 0.0696. The second-order valence-corrected chi connectivity index (χ2v) is 7.17. The first-order chi connectivity index (χ1) is 9.88. The van der Waals surface area contributed by atoms with Crippen molar-refractivity contribution in [2.45, 2.75) is 24.2 Å². The first-order valence-electron chi connectivity index (χ1n) is 6.71. The monoisotopic (exact) mass is 313 g/mol. The fraction of sp³-hybridized carbons (Fsp3) is 0.500. The van der Waals surface area contributed by atoms with Gasteiger partial charge in [0, 0.05) is 20.3 Å². The molecule has 1 aliphatic carbocycles. The van der Waals surface area contributed by atoms with Gasteiger partial charge in [-0.2, -0.15) is 0 Å². The summed E-state index contributed by atoms with van der Waals surface area (Å²) in [6, 6.07) is 5.35. The van der Waals surface area contributed by atoms with E-state index in [1.165, 1.54) is 24.3 Å². The van der Waals surface area contributed by atoms with Gasteiger partial charge in [0.05, 0.1) is 10.5 Å². The topological polar surface area (TPSA) is 92.7 Å². The van der Waals surface area contributed by atoms with Crippen LogP contribution >= 0.6 is 0 Å². The van der Waals surface area contributed by atoms with Crippen LogP contribution in [-0.2, 0) is 14.8 Å². The van der Waals surface area contributed by atoms with Crippen LogP contribution in [0.3, 0.4) is 0 Å². The van der Waals surface area contributed by atoms with Crippen LogP contribution in [0.15, 0.2) is 29.2 Å². The predicted molar refractivity (Wildman–Crippen MR) is 76.7 cm³/mol. The number of sulfonamides is 1. The van der Waals surface area contributed by atoms with E-state index in [9.17, 15) is 13.2 Å². The highest BCUT2D eigenvalue weighted by Crippen LogP contribution is 2.48. The van der Waals surface area contributed by atoms with E-state index in [1.54, 1.807) is 7.11 Å². The minimum Gasteiger partial charge on any atom is -0.478 e. The molecule has 0 atom stereocenters. The number of hydrogen-bond donors (Lipinski definition) is 2. The fourth-order valence-corrected chi connectivity index (χ4v) is 3.34. The van der Waals surface area contributed by atoms with Crippen molar-refractivity contribution in [1.82, 2.24) is 4.72 Å². The van der Waals surface area contributed by atoms with Crippen molar-refractivity contribution in [3.8, 4) is 0 Å². The van der Waals surface area contributed by atoms with Crippen molar-refractivity contribution in [2.24, 2.45) is 5.41 Å². The first-order valence-corrected chi connectivity index (χ1v) is 8.19. The molecule has 0 aromatic heterocycles. The van der Waals surface area contributed by atoms with Gasteiger partial charge in [0.15, 0.2) is 0 Å². The average molecular weight is 313 g/mol. The molecule has 0 heterocycles. The molecule has 2 N–H and O–H groups in total. The largest absolute Gasteiger partial charge is 0.478 e. The molecule has 1 aromatic carbocycles. The normalized spacial score (nSPS) is 16.6. The summed E-state index contributed by atoms with van der Waals surface area (Å²) in [6.45, 7) is 0.965. The van der Waals surface area contributed by atoms with Gasteiger partial charge in [-0.15, -0.1) is 0 Å². The molecule has 0 bridgehead atoms. The number of rotatable bonds is 8. The van der Waals surface area contributed by atoms with Crippen LogP contribution in [0, 0.1) is 5.41 Å². The highest BCUT2D eigenvalue weighted by atomic mass is 32.2. The molecule has 1 fully saturated rings. The molecule has 116 valence electrons. The molecule has 0 saturated heterocycles. The Morgan fingerprint density at radius 1 is 1.43 bits per heavy atom. The maximum Gasteiger partial charge on any atom is 0.335 e. The van der Waals surface area contributed by atoms with Gasteiger partial charge in [-0.1, -0.05) is 6.07 Å². The van der Waals surface area contributed by atoms with Gasteiger partial charge in [-0.25, -0.2) is 17.9 Å². The molecule has 1 aliphatic rings. The molecule has 0 spiro atoms. The van der Waals surface area contributed by atoms with Crippen molar-refractivity contribution in [1.29, 1.82) is 0 Å². The molecule has 1 saturated carbocycles. The zero-order valence-corrected chi connectivity index (χ0v) is 12.6. The third kappa shape index (κ3) is 4.03. The van der Waals surface area contributed by atoms with E-state index in [1.807, 2.05) is 0 Å². The van der Waals surface area contributed by atoms with E-state index < -0.39 is 16.0 Å². The average Bonchev–Trinajstić information content (AvgIpc) is 3.24. The van der Waals surface area contributed by atoms with E-state index >= 15 is 0 Å². The number of carboxylic acids is 1. The van der Waals surface area contributed by atoms with Crippen LogP contribution in [0.1, 0.15) is 29.6 Å². The minimum atomic E-state index is -3.69. The van der Waals surface area contributed by atoms with Gasteiger partial charge >= 0.3 is 5.97 Å². The summed E-state index contributed by atoms with van der Waals surface area (Å²) >= 11 is 0. The van der Waals surface area contributed by atoms with Gasteiger partial charge in [0.2, 0.25) is 10.0 Å². The number of methoxy groups -OCH3 is 1. The van der Waals surface area contributed by atoms with Crippen molar-refractivity contribution in [3.63, 3.8) is 0 Å². The maximum absolute atomic E-state index is 12.2. The zero-order valence-electron chi connectivity index (χ0n) is 11.8. The number of carboxylic acid groups (broad SMARTS) is 1. The second kappa shape index (κ2) is 6.13. The van der Waals surface area contributed by atoms with Crippen LogP contribution in [-0.4, -0.2) is 39.8 Å². The third-order valence-corrected chi connectivity index (χ3v) is 5.22. The van der Waals surface area contributed by atoms with Crippen molar-refractivity contribution < 1.29 is 23.1 Å². The maximum atomic E-state index is 12.2. The van der Waals surface area contributed by atoms with Gasteiger partial charge < -0.3 is 9.84 Å². The van der Waals surface area contributed by atoms with E-state index in [0.717, 1.165) is 19.3 Å². The summed E-state index contributed by atoms with van der Waals surface area (Å²) in [5.74, 6) is -1.15. The van der Waals surface area contributed by atoms with Crippen LogP contribution in [0.2, 0.25) is 0 Å². The molecule has 6 nitrogen and oxygen atoms in total. The van der Waals surface area contributed by atoms with E-state index in [0.29, 0.717) is 13.2 Å². The van der Waals surface area contributed by atoms with E-state index in [-0.39, 0.29) is 15.9 Å². The van der Waals surface area contributed by atoms with Gasteiger partial charge in [0.1, 0.15) is 0 Å². The van der Waals surface area contributed by atoms with E-state index in [2.05, 4.69) is 4.72 Å². The summed E-state index contributed by atoms with van der Waals surface area (Å²) < 4.78 is 32.1. The second-order valence-electron chi connectivity index (χ2n) is 5.40. The summed E-state index contributed by atoms with van der Waals surface area (Å²) in [5, 5.41) is 8.91. The number of hydrogen-bond acceptors (Lipinski definition) is 4. The Labute approximate surface area is 124 Å². The predicted octanol–water partition coefficient (Wildman–Crippen LogP) is 1.48. The Morgan fingerprint density at radius 3 is 2.71 bits per heavy atom. The number of aromatic carboxylic acids is 1. The molecule has 1 aromatic rings. The number of ether oxygens (including phenoxy) is 1. The number of carbonyl (C=O) groups is 1. The summed E-state index contributed by atoms with van der Waals surface area (Å²) in [6.07, 6.45) is 2.78. The highest BCUT2D eigenvalue weighted by molar-refractivity contribution is 7.89. The number of nitrogens with one attached hydrogen (secondary N) is 1. The van der Waals surface area contributed by atoms with E-state index in [4.69, 9.17) is 9.84 Å². The highest BCUT2D eigenvalue weighted by Gasteiger charge is 2.42. The van der Waals surface area contributed by atoms with Crippen LogP contribution in [0.4, 0.5) is 0 Å². The zero-order chi connectivity index (χ0) is 15.5. The Balaban J connectivity index is 2.05. The molecule has 0 radical (unpaired) electrons. The SMILES string of the molecule is COCCC1(CNS(=O)(=O)c2cccc(C(=O)O)c2)CC1. The molecular formula is C14H19NO5S. The molecule has 0 aliphatic heterocycles. The summed E-state index contributed by atoms with van der Waals surface area (Å²) in [5.41, 5.74) is -0.0496. The van der Waals surface area contributed by atoms with Crippen molar-refractivity contribution in [2.75, 3.05) is 20.3 Å². The molecule has 7 heteroatoms. The minimum absolute atomic E-state index is 0.00646. The Hall–Kier alpha value is -1.44. The van der Waals surface area contributed by atoms with Gasteiger partial charge in [-0.05, 0) is 42.9 Å². The Morgan fingerprint density at radius 2 is 2.14 bits per heavy atom. The Kier molecular flexibility index (Phi) is 4.65. The van der Waals surface area contributed by atoms with Crippen LogP contribution in [0.5, 0.6) is 0 Å². The lowest BCUT2D eigenvalue weighted by Gasteiger charge is -2.15. The molecule has 21 heavy (non-hydrogen) atoms. The standard InChI is InChI=1S/C14H19NO5S/c1-20-8-7-14(5-6-14)10-15-21(18,19)12-4-2-3-11(9-12)13(16)17/h2-4,9,15H,5-8,10H2,1H3,(H,16,17). The smallest absolute Gasteiger partial charge is 0.335 e. The van der Waals surface area contributed by atoms with Crippen molar-refractivity contribution in [3.05, 3.63) is 29.8 Å². The van der Waals surface area contributed by atoms with Gasteiger partial charge in [-0.3, -0.25) is 0 Å². The Bertz CT molecular complexity index is 622. The summed E-state index contributed by atoms with van der Waals surface area (Å²) in [4.78, 5) is 10.9. The van der Waals surface area contributed by atoms with Crippen LogP contribution in [0.25, 0.3) is 0 Å². The lowest BCUT2D eigenvalue weighted by atomic mass is 10.0. The van der Waals surface area contributed by atoms with Crippen LogP contribution < -0.4 is 4.72 Å². The molecule has 0 unspecified atom stereocenters. The lowest BCUT2D eigenvalue weighted by Crippen LogP contribution is -2.31. The summed E-state index contributed by atoms with van der Waals surface area (Å²) in [7, 11) is -2.07. The fourth-order valence-electron chi connectivity index (χ4n) is 2.14. The number of benzene rings is 1. The van der Waals surface area contributed by atoms with Crippen molar-refractivity contribution >= 4 is 16.0 Å². The molecular weight excluding hydrogens is 294 g/mol. The van der Waals surface area contributed by atoms with Gasteiger partial charge in [0.25, 0.3) is 0 Å². The molecule has 2 rings (SSSR count). The quantitative estimate of drug-likeness (QED) is 0.758. The third-order valence-electron chi connectivity index (χ3n) is 3.82.